The van der Waals surface area contributed by atoms with Crippen molar-refractivity contribution in [1.82, 2.24) is 4.90 Å². The highest BCUT2D eigenvalue weighted by Gasteiger charge is 2.26. The van der Waals surface area contributed by atoms with E-state index in [0.29, 0.717) is 6.42 Å². The maximum absolute atomic E-state index is 11.0. The molecule has 96 valence electrons. The predicted octanol–water partition coefficient (Wildman–Crippen LogP) is 3.33. The zero-order valence-corrected chi connectivity index (χ0v) is 11.9. The third-order valence-corrected chi connectivity index (χ3v) is 3.97. The van der Waals surface area contributed by atoms with Gasteiger partial charge in [0.05, 0.1) is 9.75 Å². The average molecular weight is 276 g/mol. The lowest BCUT2D eigenvalue weighted by molar-refractivity contribution is -0.147. The number of hydrogen-bond donors (Lipinski definition) is 1. The van der Waals surface area contributed by atoms with Gasteiger partial charge in [0.2, 0.25) is 0 Å². The molecule has 0 aliphatic rings. The lowest BCUT2D eigenvalue weighted by atomic mass is 9.89. The van der Waals surface area contributed by atoms with Crippen LogP contribution in [0.5, 0.6) is 0 Å². The maximum Gasteiger partial charge on any atom is 0.309 e. The molecule has 0 saturated heterocycles. The molecule has 17 heavy (non-hydrogen) atoms. The molecule has 0 aliphatic heterocycles. The lowest BCUT2D eigenvalue weighted by Crippen LogP contribution is -2.29. The molecule has 1 rings (SSSR count). The Bertz CT molecular complexity index is 390. The van der Waals surface area contributed by atoms with E-state index in [2.05, 4.69) is 4.90 Å². The van der Waals surface area contributed by atoms with E-state index in [1.165, 1.54) is 4.88 Å². The van der Waals surface area contributed by atoms with Crippen molar-refractivity contribution < 1.29 is 9.90 Å². The Balaban J connectivity index is 2.40. The molecule has 0 amide bonds. The molecule has 1 heterocycles. The summed E-state index contributed by atoms with van der Waals surface area (Å²) >= 11 is 7.42. The zero-order chi connectivity index (χ0) is 13.1. The van der Waals surface area contributed by atoms with Crippen LogP contribution in [0.3, 0.4) is 0 Å². The molecule has 3 nitrogen and oxygen atoms in total. The Hall–Kier alpha value is -0.580. The molecule has 0 aromatic carbocycles. The number of nitrogens with zero attached hydrogens (tertiary/aromatic N) is 1. The second-order valence-corrected chi connectivity index (χ2v) is 6.68. The van der Waals surface area contributed by atoms with Crippen LogP contribution in [0.4, 0.5) is 0 Å². The van der Waals surface area contributed by atoms with Gasteiger partial charge in [0, 0.05) is 11.4 Å². The fraction of sp³-hybridized carbons (Fsp3) is 0.583. The quantitative estimate of drug-likeness (QED) is 0.866. The summed E-state index contributed by atoms with van der Waals surface area (Å²) in [5.41, 5.74) is -0.665. The summed E-state index contributed by atoms with van der Waals surface area (Å²) < 4.78 is 0.791. The van der Waals surface area contributed by atoms with Crippen LogP contribution < -0.4 is 0 Å². The van der Waals surface area contributed by atoms with Gasteiger partial charge in [-0.2, -0.15) is 0 Å². The minimum Gasteiger partial charge on any atom is -0.481 e. The molecule has 5 heteroatoms. The van der Waals surface area contributed by atoms with Crippen LogP contribution in [0.25, 0.3) is 0 Å². The normalized spacial score (nSPS) is 12.1. The third kappa shape index (κ3) is 4.66. The van der Waals surface area contributed by atoms with Gasteiger partial charge in [-0.15, -0.1) is 11.3 Å². The molecular weight excluding hydrogens is 258 g/mol. The fourth-order valence-corrected chi connectivity index (χ4v) is 2.53. The van der Waals surface area contributed by atoms with Crippen molar-refractivity contribution in [3.63, 3.8) is 0 Å². The number of carboxylic acid groups (broad SMARTS) is 1. The van der Waals surface area contributed by atoms with Crippen molar-refractivity contribution in [2.24, 2.45) is 5.41 Å². The van der Waals surface area contributed by atoms with Gasteiger partial charge >= 0.3 is 5.97 Å². The zero-order valence-electron chi connectivity index (χ0n) is 10.4. The van der Waals surface area contributed by atoms with E-state index in [1.807, 2.05) is 19.2 Å². The Morgan fingerprint density at radius 2 is 2.18 bits per heavy atom. The predicted molar refractivity (Wildman–Crippen MR) is 71.7 cm³/mol. The molecule has 0 aliphatic carbocycles. The van der Waals surface area contributed by atoms with Gasteiger partial charge in [-0.25, -0.2) is 0 Å². The highest BCUT2D eigenvalue weighted by molar-refractivity contribution is 7.16. The first-order valence-electron chi connectivity index (χ1n) is 5.47. The Morgan fingerprint density at radius 3 is 2.65 bits per heavy atom. The maximum atomic E-state index is 11.0. The summed E-state index contributed by atoms with van der Waals surface area (Å²) in [7, 11) is 1.99. The number of rotatable bonds is 6. The van der Waals surface area contributed by atoms with Gasteiger partial charge in [-0.3, -0.25) is 4.79 Å². The molecule has 1 N–H and O–H groups in total. The van der Waals surface area contributed by atoms with Gasteiger partial charge in [0.15, 0.2) is 0 Å². The lowest BCUT2D eigenvalue weighted by Gasteiger charge is -2.23. The molecule has 0 fully saturated rings. The van der Waals surface area contributed by atoms with Gasteiger partial charge in [-0.1, -0.05) is 11.6 Å². The summed E-state index contributed by atoms with van der Waals surface area (Å²) in [6.45, 7) is 5.08. The highest BCUT2D eigenvalue weighted by Crippen LogP contribution is 2.24. The first kappa shape index (κ1) is 14.5. The van der Waals surface area contributed by atoms with E-state index in [0.717, 1.165) is 17.4 Å². The molecular formula is C12H18ClNO2S. The second-order valence-electron chi connectivity index (χ2n) is 4.88. The van der Waals surface area contributed by atoms with Gasteiger partial charge < -0.3 is 10.0 Å². The van der Waals surface area contributed by atoms with Crippen molar-refractivity contribution in [3.05, 3.63) is 21.3 Å². The standard InChI is InChI=1S/C12H18ClNO2S/c1-12(2,11(15)16)6-7-14(3)8-9-4-5-10(13)17-9/h4-5H,6-8H2,1-3H3,(H,15,16). The Morgan fingerprint density at radius 1 is 1.53 bits per heavy atom. The minimum absolute atomic E-state index is 0.637. The van der Waals surface area contributed by atoms with E-state index < -0.39 is 11.4 Å². The number of carbonyl (C=O) groups is 1. The number of hydrogen-bond acceptors (Lipinski definition) is 3. The molecule has 0 unspecified atom stereocenters. The van der Waals surface area contributed by atoms with Crippen LogP contribution in [-0.4, -0.2) is 29.6 Å². The molecule has 0 atom stereocenters. The van der Waals surface area contributed by atoms with E-state index in [-0.39, 0.29) is 0 Å². The summed E-state index contributed by atoms with van der Waals surface area (Å²) in [6, 6.07) is 3.89. The third-order valence-electron chi connectivity index (χ3n) is 2.75. The van der Waals surface area contributed by atoms with Crippen LogP contribution in [-0.2, 0) is 11.3 Å². The smallest absolute Gasteiger partial charge is 0.309 e. The first-order chi connectivity index (χ1) is 7.81. The van der Waals surface area contributed by atoms with Crippen LogP contribution >= 0.6 is 22.9 Å². The monoisotopic (exact) mass is 275 g/mol. The van der Waals surface area contributed by atoms with Crippen molar-refractivity contribution in [2.75, 3.05) is 13.6 Å². The SMILES string of the molecule is CN(CCC(C)(C)C(=O)O)Cc1ccc(Cl)s1. The first-order valence-corrected chi connectivity index (χ1v) is 6.67. The summed E-state index contributed by atoms with van der Waals surface area (Å²) in [5, 5.41) is 9.01. The number of carboxylic acids is 1. The van der Waals surface area contributed by atoms with Crippen LogP contribution in [0.15, 0.2) is 12.1 Å². The molecule has 1 aromatic rings. The summed E-state index contributed by atoms with van der Waals surface area (Å²) in [6.07, 6.45) is 0.637. The highest BCUT2D eigenvalue weighted by atomic mass is 35.5. The fourth-order valence-electron chi connectivity index (χ4n) is 1.36. The molecule has 0 saturated carbocycles. The number of thiophene rings is 1. The summed E-state index contributed by atoms with van der Waals surface area (Å²) in [5.74, 6) is -0.745. The van der Waals surface area contributed by atoms with E-state index in [1.54, 1.807) is 25.2 Å². The molecule has 0 spiro atoms. The van der Waals surface area contributed by atoms with Crippen LogP contribution in [0.2, 0.25) is 4.34 Å². The minimum atomic E-state index is -0.745. The number of aliphatic carboxylic acids is 1. The average Bonchev–Trinajstić information content (AvgIpc) is 2.61. The largest absolute Gasteiger partial charge is 0.481 e. The van der Waals surface area contributed by atoms with Crippen LogP contribution in [0.1, 0.15) is 25.1 Å². The van der Waals surface area contributed by atoms with E-state index in [9.17, 15) is 4.79 Å². The van der Waals surface area contributed by atoms with Gasteiger partial charge in [0.25, 0.3) is 0 Å². The van der Waals surface area contributed by atoms with Crippen molar-refractivity contribution >= 4 is 28.9 Å². The topological polar surface area (TPSA) is 40.5 Å². The van der Waals surface area contributed by atoms with Crippen molar-refractivity contribution in [3.8, 4) is 0 Å². The van der Waals surface area contributed by atoms with E-state index >= 15 is 0 Å². The molecule has 1 aromatic heterocycles. The van der Waals surface area contributed by atoms with E-state index in [4.69, 9.17) is 16.7 Å². The van der Waals surface area contributed by atoms with Gasteiger partial charge in [0.1, 0.15) is 0 Å². The molecule has 0 radical (unpaired) electrons. The second kappa shape index (κ2) is 5.85. The van der Waals surface area contributed by atoms with Crippen molar-refractivity contribution in [1.29, 1.82) is 0 Å². The van der Waals surface area contributed by atoms with Crippen LogP contribution in [0, 0.1) is 5.41 Å². The molecule has 0 bridgehead atoms. The number of halogens is 1. The Labute approximate surface area is 111 Å². The van der Waals surface area contributed by atoms with Crippen molar-refractivity contribution in [2.45, 2.75) is 26.8 Å². The van der Waals surface area contributed by atoms with Gasteiger partial charge in [-0.05, 0) is 46.0 Å². The summed E-state index contributed by atoms with van der Waals surface area (Å²) in [4.78, 5) is 14.3. The Kier molecular flexibility index (Phi) is 4.98.